The van der Waals surface area contributed by atoms with E-state index in [-0.39, 0.29) is 5.91 Å². The van der Waals surface area contributed by atoms with Gasteiger partial charge in [0.1, 0.15) is 5.69 Å². The van der Waals surface area contributed by atoms with Crippen LogP contribution in [0.3, 0.4) is 0 Å². The molecule has 3 heterocycles. The molecule has 1 N–H and O–H groups in total. The Morgan fingerprint density at radius 3 is 2.85 bits per heavy atom. The first kappa shape index (κ1) is 19.0. The average molecular weight is 361 g/mol. The van der Waals surface area contributed by atoms with Gasteiger partial charge in [-0.1, -0.05) is 6.92 Å². The van der Waals surface area contributed by atoms with Crippen LogP contribution in [0.2, 0.25) is 0 Å². The van der Waals surface area contributed by atoms with E-state index in [1.807, 2.05) is 6.92 Å². The molecule has 2 saturated heterocycles. The summed E-state index contributed by atoms with van der Waals surface area (Å²) in [7, 11) is 0. The van der Waals surface area contributed by atoms with E-state index in [0.717, 1.165) is 57.9 Å². The molecule has 0 bridgehead atoms. The highest BCUT2D eigenvalue weighted by Crippen LogP contribution is 2.24. The number of aromatic nitrogens is 2. The predicted octanol–water partition coefficient (Wildman–Crippen LogP) is 1.62. The second-order valence-corrected chi connectivity index (χ2v) is 7.16. The van der Waals surface area contributed by atoms with Crippen LogP contribution >= 0.6 is 0 Å². The van der Waals surface area contributed by atoms with Crippen LogP contribution in [0, 0.1) is 6.92 Å². The summed E-state index contributed by atoms with van der Waals surface area (Å²) in [5, 5.41) is 3.00. The Morgan fingerprint density at radius 1 is 1.27 bits per heavy atom. The van der Waals surface area contributed by atoms with Crippen molar-refractivity contribution in [3.63, 3.8) is 0 Å². The van der Waals surface area contributed by atoms with Crippen molar-refractivity contribution in [2.75, 3.05) is 50.8 Å². The van der Waals surface area contributed by atoms with Crippen molar-refractivity contribution < 1.29 is 9.53 Å². The van der Waals surface area contributed by atoms with Crippen molar-refractivity contribution in [3.8, 4) is 0 Å². The number of rotatable bonds is 6. The van der Waals surface area contributed by atoms with Crippen LogP contribution in [0.25, 0.3) is 0 Å². The monoisotopic (exact) mass is 361 g/mol. The third-order valence-electron chi connectivity index (χ3n) is 5.25. The normalized spacial score (nSPS) is 21.6. The van der Waals surface area contributed by atoms with Crippen LogP contribution in [0.5, 0.6) is 0 Å². The maximum atomic E-state index is 12.6. The van der Waals surface area contributed by atoms with Gasteiger partial charge in [-0.2, -0.15) is 0 Å². The van der Waals surface area contributed by atoms with Crippen molar-refractivity contribution >= 4 is 11.9 Å². The quantitative estimate of drug-likeness (QED) is 0.830. The molecule has 1 amide bonds. The second-order valence-electron chi connectivity index (χ2n) is 7.16. The zero-order chi connectivity index (χ0) is 18.4. The number of nitrogens with zero attached hydrogens (tertiary/aromatic N) is 4. The SMILES string of the molecule is CCC1CCCCN1c1nc(C)cc(C(=O)NCCN2CCOCC2)n1. The lowest BCUT2D eigenvalue weighted by Gasteiger charge is -2.35. The van der Waals surface area contributed by atoms with Gasteiger partial charge in [-0.25, -0.2) is 9.97 Å². The number of ether oxygens (including phenoxy) is 1. The van der Waals surface area contributed by atoms with Gasteiger partial charge in [0.05, 0.1) is 13.2 Å². The van der Waals surface area contributed by atoms with E-state index >= 15 is 0 Å². The molecule has 144 valence electrons. The third-order valence-corrected chi connectivity index (χ3v) is 5.25. The molecule has 3 rings (SSSR count). The fraction of sp³-hybridized carbons (Fsp3) is 0.737. The summed E-state index contributed by atoms with van der Waals surface area (Å²) >= 11 is 0. The van der Waals surface area contributed by atoms with Gasteiger partial charge in [-0.05, 0) is 38.7 Å². The van der Waals surface area contributed by atoms with Crippen molar-refractivity contribution in [1.82, 2.24) is 20.2 Å². The maximum Gasteiger partial charge on any atom is 0.270 e. The van der Waals surface area contributed by atoms with Gasteiger partial charge in [-0.3, -0.25) is 9.69 Å². The molecule has 0 aromatic carbocycles. The van der Waals surface area contributed by atoms with Crippen LogP contribution in [0.1, 0.15) is 48.8 Å². The lowest BCUT2D eigenvalue weighted by Crippen LogP contribution is -2.42. The van der Waals surface area contributed by atoms with Crippen LogP contribution in [-0.4, -0.2) is 72.8 Å². The van der Waals surface area contributed by atoms with Crippen LogP contribution in [0.15, 0.2) is 6.07 Å². The summed E-state index contributed by atoms with van der Waals surface area (Å²) in [6, 6.07) is 2.25. The van der Waals surface area contributed by atoms with Crippen molar-refractivity contribution in [2.24, 2.45) is 0 Å². The largest absolute Gasteiger partial charge is 0.379 e. The Kier molecular flexibility index (Phi) is 6.80. The number of hydrogen-bond donors (Lipinski definition) is 1. The fourth-order valence-corrected chi connectivity index (χ4v) is 3.73. The van der Waals surface area contributed by atoms with Gasteiger partial charge < -0.3 is 15.0 Å². The van der Waals surface area contributed by atoms with Gasteiger partial charge in [0, 0.05) is 44.5 Å². The highest BCUT2D eigenvalue weighted by atomic mass is 16.5. The molecule has 7 heteroatoms. The van der Waals surface area contributed by atoms with Crippen LogP contribution < -0.4 is 10.2 Å². The summed E-state index contributed by atoms with van der Waals surface area (Å²) in [4.78, 5) is 26.3. The Hall–Kier alpha value is -1.73. The van der Waals surface area contributed by atoms with Gasteiger partial charge >= 0.3 is 0 Å². The minimum Gasteiger partial charge on any atom is -0.379 e. The van der Waals surface area contributed by atoms with Crippen molar-refractivity contribution in [2.45, 2.75) is 45.6 Å². The van der Waals surface area contributed by atoms with Gasteiger partial charge in [0.2, 0.25) is 5.95 Å². The molecule has 26 heavy (non-hydrogen) atoms. The van der Waals surface area contributed by atoms with E-state index in [4.69, 9.17) is 4.74 Å². The van der Waals surface area contributed by atoms with Crippen molar-refractivity contribution in [3.05, 3.63) is 17.5 Å². The molecular formula is C19H31N5O2. The molecule has 2 aliphatic rings. The molecule has 2 fully saturated rings. The summed E-state index contributed by atoms with van der Waals surface area (Å²) in [5.41, 5.74) is 1.31. The first-order valence-electron chi connectivity index (χ1n) is 9.88. The van der Waals surface area contributed by atoms with E-state index in [9.17, 15) is 4.79 Å². The first-order chi connectivity index (χ1) is 12.7. The zero-order valence-electron chi connectivity index (χ0n) is 16.0. The van der Waals surface area contributed by atoms with Gasteiger partial charge in [0.25, 0.3) is 5.91 Å². The lowest BCUT2D eigenvalue weighted by molar-refractivity contribution is 0.0383. The number of aryl methyl sites for hydroxylation is 1. The fourth-order valence-electron chi connectivity index (χ4n) is 3.73. The van der Waals surface area contributed by atoms with E-state index in [1.54, 1.807) is 6.07 Å². The number of nitrogens with one attached hydrogen (secondary N) is 1. The topological polar surface area (TPSA) is 70.6 Å². The minimum atomic E-state index is -0.116. The molecule has 2 aliphatic heterocycles. The number of amides is 1. The van der Waals surface area contributed by atoms with Crippen LogP contribution in [-0.2, 0) is 4.74 Å². The van der Waals surface area contributed by atoms with Crippen molar-refractivity contribution in [1.29, 1.82) is 0 Å². The van der Waals surface area contributed by atoms with Gasteiger partial charge in [-0.15, -0.1) is 0 Å². The Bertz CT molecular complexity index is 604. The van der Waals surface area contributed by atoms with E-state index < -0.39 is 0 Å². The Labute approximate surface area is 156 Å². The van der Waals surface area contributed by atoms with Crippen LogP contribution in [0.4, 0.5) is 5.95 Å². The molecule has 1 aromatic heterocycles. The van der Waals surface area contributed by atoms with E-state index in [2.05, 4.69) is 32.0 Å². The summed E-state index contributed by atoms with van der Waals surface area (Å²) in [5.74, 6) is 0.588. The molecule has 0 spiro atoms. The number of hydrogen-bond acceptors (Lipinski definition) is 6. The maximum absolute atomic E-state index is 12.6. The van der Waals surface area contributed by atoms with E-state index in [1.165, 1.54) is 12.8 Å². The molecule has 1 atom stereocenters. The smallest absolute Gasteiger partial charge is 0.270 e. The number of anilines is 1. The lowest BCUT2D eigenvalue weighted by atomic mass is 10.0. The Balaban J connectivity index is 1.61. The van der Waals surface area contributed by atoms with Gasteiger partial charge in [0.15, 0.2) is 0 Å². The Morgan fingerprint density at radius 2 is 2.08 bits per heavy atom. The molecule has 1 aromatic rings. The molecule has 0 radical (unpaired) electrons. The number of piperidine rings is 1. The molecule has 0 saturated carbocycles. The summed E-state index contributed by atoms with van der Waals surface area (Å²) < 4.78 is 5.35. The molecule has 0 aliphatic carbocycles. The molecule has 7 nitrogen and oxygen atoms in total. The number of carbonyl (C=O) groups excluding carboxylic acids is 1. The zero-order valence-corrected chi connectivity index (χ0v) is 16.0. The number of carbonyl (C=O) groups is 1. The first-order valence-corrected chi connectivity index (χ1v) is 9.88. The summed E-state index contributed by atoms with van der Waals surface area (Å²) in [6.45, 7) is 9.99. The number of morpholine rings is 1. The third kappa shape index (κ3) is 4.92. The standard InChI is InChI=1S/C19H31N5O2/c1-3-16-6-4-5-8-24(16)19-21-15(2)14-17(22-19)18(25)20-7-9-23-10-12-26-13-11-23/h14,16H,3-13H2,1-2H3,(H,20,25). The highest BCUT2D eigenvalue weighted by molar-refractivity contribution is 5.92. The minimum absolute atomic E-state index is 0.116. The highest BCUT2D eigenvalue weighted by Gasteiger charge is 2.24. The summed E-state index contributed by atoms with van der Waals surface area (Å²) in [6.07, 6.45) is 4.68. The average Bonchev–Trinajstić information content (AvgIpc) is 2.68. The molecular weight excluding hydrogens is 330 g/mol. The van der Waals surface area contributed by atoms with E-state index in [0.29, 0.717) is 24.2 Å². The predicted molar refractivity (Wildman–Crippen MR) is 102 cm³/mol. The second kappa shape index (κ2) is 9.28. The molecule has 1 unspecified atom stereocenters.